The molecule has 3 aliphatic heterocycles. The highest BCUT2D eigenvalue weighted by atomic mass is 32.2. The van der Waals surface area contributed by atoms with Crippen molar-refractivity contribution in [2.24, 2.45) is 10.9 Å². The summed E-state index contributed by atoms with van der Waals surface area (Å²) in [6, 6.07) is 9.26. The Balaban J connectivity index is 1.20. The average Bonchev–Trinajstić information content (AvgIpc) is 2.80. The smallest absolute Gasteiger partial charge is 0.169 e. The maximum Gasteiger partial charge on any atom is 0.169 e. The molecule has 2 aromatic rings. The van der Waals surface area contributed by atoms with E-state index in [1.165, 1.54) is 49.9 Å². The number of hydrogen-bond acceptors (Lipinski definition) is 3. The van der Waals surface area contributed by atoms with Crippen molar-refractivity contribution >= 4 is 35.8 Å². The molecule has 0 radical (unpaired) electrons. The number of nitrogens with zero attached hydrogens (tertiary/aromatic N) is 3. The standard InChI is InChI=1S/C27H32N3S/c1-21-5-2-12-28-27(21)31-18-17-29-15-10-22(11-16-29)8-9-23-19-24-6-3-13-30-14-4-7-25(20-23)26(24)30/h2,5,8-12,15-16,19-21,27H,3-4,6-7,13-14,17-18H2,1H3/q+1. The molecule has 0 bridgehead atoms. The molecule has 0 amide bonds. The molecule has 1 aromatic carbocycles. The molecule has 0 saturated heterocycles. The molecular formula is C27H32N3S+. The van der Waals surface area contributed by atoms with Gasteiger partial charge in [-0.1, -0.05) is 25.2 Å². The molecule has 4 heteroatoms. The molecular weight excluding hydrogens is 398 g/mol. The SMILES string of the molecule is CC1C=CC=NC1SCC[n+]1ccc(/C=C/c2cc3c4c(c2)CCCN4CCC3)cc1. The quantitative estimate of drug-likeness (QED) is 0.588. The highest BCUT2D eigenvalue weighted by molar-refractivity contribution is 7.99. The number of dihydropyridines is 1. The van der Waals surface area contributed by atoms with Crippen molar-refractivity contribution in [1.82, 2.24) is 0 Å². The Bertz CT molecular complexity index is 975. The normalized spacial score (nSPS) is 22.2. The summed E-state index contributed by atoms with van der Waals surface area (Å²) in [4.78, 5) is 7.19. The van der Waals surface area contributed by atoms with E-state index in [-0.39, 0.29) is 0 Å². The van der Waals surface area contributed by atoms with Crippen molar-refractivity contribution < 1.29 is 4.57 Å². The molecule has 160 valence electrons. The number of aryl methyl sites for hydroxylation is 3. The summed E-state index contributed by atoms with van der Waals surface area (Å²) < 4.78 is 2.27. The van der Waals surface area contributed by atoms with Crippen LogP contribution in [0.15, 0.2) is 53.8 Å². The minimum atomic E-state index is 0.363. The van der Waals surface area contributed by atoms with E-state index in [2.05, 4.69) is 82.3 Å². The van der Waals surface area contributed by atoms with E-state index in [0.29, 0.717) is 11.3 Å². The predicted octanol–water partition coefficient (Wildman–Crippen LogP) is 5.18. The molecule has 0 aliphatic carbocycles. The van der Waals surface area contributed by atoms with E-state index >= 15 is 0 Å². The van der Waals surface area contributed by atoms with E-state index in [0.717, 1.165) is 12.3 Å². The van der Waals surface area contributed by atoms with Crippen molar-refractivity contribution in [3.05, 3.63) is 71.1 Å². The minimum Gasteiger partial charge on any atom is -0.371 e. The molecule has 2 atom stereocenters. The van der Waals surface area contributed by atoms with Gasteiger partial charge in [0.25, 0.3) is 0 Å². The van der Waals surface area contributed by atoms with E-state index in [1.54, 1.807) is 16.8 Å². The van der Waals surface area contributed by atoms with Gasteiger partial charge in [0.15, 0.2) is 18.9 Å². The topological polar surface area (TPSA) is 19.5 Å². The number of allylic oxidation sites excluding steroid dienone is 1. The third-order valence-corrected chi connectivity index (χ3v) is 7.87. The van der Waals surface area contributed by atoms with Gasteiger partial charge in [-0.15, -0.1) is 11.8 Å². The van der Waals surface area contributed by atoms with Crippen LogP contribution in [0.4, 0.5) is 5.69 Å². The van der Waals surface area contributed by atoms with Crippen molar-refractivity contribution in [3.8, 4) is 0 Å². The molecule has 0 spiro atoms. The monoisotopic (exact) mass is 430 g/mol. The summed E-state index contributed by atoms with van der Waals surface area (Å²) in [6.45, 7) is 5.73. The number of anilines is 1. The Labute approximate surface area is 190 Å². The number of pyridine rings is 1. The van der Waals surface area contributed by atoms with Gasteiger partial charge in [-0.3, -0.25) is 4.99 Å². The summed E-state index contributed by atoms with van der Waals surface area (Å²) in [6.07, 6.45) is 20.2. The van der Waals surface area contributed by atoms with Crippen molar-refractivity contribution in [3.63, 3.8) is 0 Å². The Morgan fingerprint density at radius 2 is 1.77 bits per heavy atom. The van der Waals surface area contributed by atoms with Gasteiger partial charge in [0, 0.05) is 43.0 Å². The fourth-order valence-corrected chi connectivity index (χ4v) is 6.02. The van der Waals surface area contributed by atoms with E-state index < -0.39 is 0 Å². The molecule has 0 saturated carbocycles. The lowest BCUT2D eigenvalue weighted by Gasteiger charge is -2.37. The van der Waals surface area contributed by atoms with E-state index in [1.807, 2.05) is 18.0 Å². The lowest BCUT2D eigenvalue weighted by molar-refractivity contribution is -0.692. The van der Waals surface area contributed by atoms with Crippen LogP contribution in [0.5, 0.6) is 0 Å². The molecule has 5 rings (SSSR count). The van der Waals surface area contributed by atoms with Crippen LogP contribution < -0.4 is 9.47 Å². The van der Waals surface area contributed by atoms with Gasteiger partial charge >= 0.3 is 0 Å². The average molecular weight is 431 g/mol. The lowest BCUT2D eigenvalue weighted by Crippen LogP contribution is -2.34. The van der Waals surface area contributed by atoms with Gasteiger partial charge < -0.3 is 4.90 Å². The van der Waals surface area contributed by atoms with Crippen molar-refractivity contribution in [2.45, 2.75) is 44.5 Å². The highest BCUT2D eigenvalue weighted by Crippen LogP contribution is 2.36. The number of aliphatic imine (C=N–C) groups is 1. The van der Waals surface area contributed by atoms with Crippen LogP contribution in [0.1, 0.15) is 42.0 Å². The first-order valence-corrected chi connectivity index (χ1v) is 12.7. The zero-order valence-corrected chi connectivity index (χ0v) is 19.2. The third-order valence-electron chi connectivity index (χ3n) is 6.56. The first-order valence-electron chi connectivity index (χ1n) is 11.7. The van der Waals surface area contributed by atoms with Gasteiger partial charge in [-0.05, 0) is 66.1 Å². The molecule has 1 aromatic heterocycles. The number of benzene rings is 1. The van der Waals surface area contributed by atoms with Crippen molar-refractivity contribution in [2.75, 3.05) is 23.7 Å². The summed E-state index contributed by atoms with van der Waals surface area (Å²) in [7, 11) is 0. The van der Waals surface area contributed by atoms with Crippen molar-refractivity contribution in [1.29, 1.82) is 0 Å². The maximum atomic E-state index is 4.59. The summed E-state index contributed by atoms with van der Waals surface area (Å²) in [5.74, 6) is 1.60. The van der Waals surface area contributed by atoms with Crippen LogP contribution in [0.2, 0.25) is 0 Å². The van der Waals surface area contributed by atoms with Gasteiger partial charge in [-0.2, -0.15) is 0 Å². The zero-order valence-electron chi connectivity index (χ0n) is 18.4. The first-order chi connectivity index (χ1) is 15.3. The van der Waals surface area contributed by atoms with Crippen LogP contribution in [-0.2, 0) is 19.4 Å². The molecule has 31 heavy (non-hydrogen) atoms. The fourth-order valence-electron chi connectivity index (χ4n) is 4.91. The Morgan fingerprint density at radius 1 is 1.06 bits per heavy atom. The second-order valence-corrected chi connectivity index (χ2v) is 10.1. The second-order valence-electron chi connectivity index (χ2n) is 8.89. The number of rotatable bonds is 6. The van der Waals surface area contributed by atoms with Crippen LogP contribution >= 0.6 is 11.8 Å². The van der Waals surface area contributed by atoms with Gasteiger partial charge in [-0.25, -0.2) is 4.57 Å². The van der Waals surface area contributed by atoms with Crippen LogP contribution in [0.3, 0.4) is 0 Å². The molecule has 0 fully saturated rings. The second kappa shape index (κ2) is 9.44. The molecule has 4 heterocycles. The minimum absolute atomic E-state index is 0.363. The largest absolute Gasteiger partial charge is 0.371 e. The summed E-state index contributed by atoms with van der Waals surface area (Å²) in [5.41, 5.74) is 7.27. The highest BCUT2D eigenvalue weighted by Gasteiger charge is 2.23. The third kappa shape index (κ3) is 4.79. The van der Waals surface area contributed by atoms with E-state index in [4.69, 9.17) is 0 Å². The van der Waals surface area contributed by atoms with Crippen LogP contribution in [0, 0.1) is 5.92 Å². The summed E-state index contributed by atoms with van der Waals surface area (Å²) in [5, 5.41) is 0.363. The van der Waals surface area contributed by atoms with Gasteiger partial charge in [0.05, 0.1) is 5.75 Å². The van der Waals surface area contributed by atoms with Gasteiger partial charge in [0.2, 0.25) is 0 Å². The van der Waals surface area contributed by atoms with Crippen LogP contribution in [-0.4, -0.2) is 30.4 Å². The molecule has 2 unspecified atom stereocenters. The number of thioether (sulfide) groups is 1. The molecule has 3 aliphatic rings. The Kier molecular flexibility index (Phi) is 6.26. The van der Waals surface area contributed by atoms with Gasteiger partial charge in [0.1, 0.15) is 5.37 Å². The number of aromatic nitrogens is 1. The fraction of sp³-hybridized carbons (Fsp3) is 0.407. The molecule has 0 N–H and O–H groups in total. The number of hydrogen-bond donors (Lipinski definition) is 0. The zero-order chi connectivity index (χ0) is 21.0. The van der Waals surface area contributed by atoms with E-state index in [9.17, 15) is 0 Å². The Morgan fingerprint density at radius 3 is 2.48 bits per heavy atom. The van der Waals surface area contributed by atoms with Crippen LogP contribution in [0.25, 0.3) is 12.2 Å². The first kappa shape index (κ1) is 20.6. The maximum absolute atomic E-state index is 4.59. The lowest BCUT2D eigenvalue weighted by atomic mass is 9.90. The predicted molar refractivity (Wildman–Crippen MR) is 134 cm³/mol. The summed E-state index contributed by atoms with van der Waals surface area (Å²) >= 11 is 1.94. The Hall–Kier alpha value is -2.33. The molecule has 3 nitrogen and oxygen atoms in total.